The number of nitrogens with one attached hydrogen (secondary N) is 1. The van der Waals surface area contributed by atoms with Crippen LogP contribution in [0.2, 0.25) is 0 Å². The van der Waals surface area contributed by atoms with Gasteiger partial charge in [-0.2, -0.15) is 0 Å². The van der Waals surface area contributed by atoms with Gasteiger partial charge >= 0.3 is 5.97 Å². The number of hydrogen-bond donors (Lipinski definition) is 4. The number of nitrogens with zero attached hydrogens (tertiary/aromatic N) is 1. The zero-order chi connectivity index (χ0) is 32.9. The van der Waals surface area contributed by atoms with E-state index in [0.29, 0.717) is 32.4 Å². The average molecular weight is 633 g/mol. The van der Waals surface area contributed by atoms with Crippen LogP contribution in [0.3, 0.4) is 0 Å². The molecule has 0 spiro atoms. The van der Waals surface area contributed by atoms with E-state index >= 15 is 0 Å². The molecule has 1 amide bonds. The maximum absolute atomic E-state index is 12.3. The number of carbonyl (C=O) groups excluding carboxylic acids is 1. The van der Waals surface area contributed by atoms with Gasteiger partial charge in [-0.05, 0) is 49.1 Å². The van der Waals surface area contributed by atoms with Gasteiger partial charge in [-0.3, -0.25) is 14.5 Å². The molecule has 5 atom stereocenters. The van der Waals surface area contributed by atoms with Gasteiger partial charge < -0.3 is 30.1 Å². The molecule has 3 aromatic carbocycles. The van der Waals surface area contributed by atoms with Gasteiger partial charge in [0.15, 0.2) is 6.29 Å². The molecule has 0 aromatic heterocycles. The highest BCUT2D eigenvalue weighted by atomic mass is 16.7. The lowest BCUT2D eigenvalue weighted by atomic mass is 9.98. The van der Waals surface area contributed by atoms with E-state index in [1.807, 2.05) is 92.8 Å². The van der Waals surface area contributed by atoms with Crippen LogP contribution in [0.5, 0.6) is 0 Å². The SMILES string of the molecule is C[C@@H]([C@H](O)c1ccccc1)N(C)C[C@@H]1C[C@H](c2ccc(CO)cc2)O[C@H](c2ccc(CNC(=O)CCCCCCC(=O)O)cc2)O1. The fraction of sp³-hybridized carbons (Fsp3) is 0.459. The lowest BCUT2D eigenvalue weighted by Crippen LogP contribution is -2.43. The summed E-state index contributed by atoms with van der Waals surface area (Å²) in [5.74, 6) is -0.800. The first-order valence-corrected chi connectivity index (χ1v) is 16.2. The van der Waals surface area contributed by atoms with Gasteiger partial charge in [0, 0.05) is 44.0 Å². The largest absolute Gasteiger partial charge is 0.481 e. The maximum atomic E-state index is 12.3. The highest BCUT2D eigenvalue weighted by Crippen LogP contribution is 2.38. The van der Waals surface area contributed by atoms with Crippen molar-refractivity contribution in [3.05, 3.63) is 107 Å². The molecule has 4 rings (SSSR count). The molecule has 0 bridgehead atoms. The Morgan fingerprint density at radius 1 is 0.870 bits per heavy atom. The number of carboxylic acids is 1. The smallest absolute Gasteiger partial charge is 0.303 e. The summed E-state index contributed by atoms with van der Waals surface area (Å²) < 4.78 is 13.0. The van der Waals surface area contributed by atoms with Crippen molar-refractivity contribution in [3.8, 4) is 0 Å². The second kappa shape index (κ2) is 17.9. The van der Waals surface area contributed by atoms with Crippen molar-refractivity contribution in [3.63, 3.8) is 0 Å². The quantitative estimate of drug-likeness (QED) is 0.137. The minimum atomic E-state index is -0.781. The van der Waals surface area contributed by atoms with Crippen molar-refractivity contribution in [2.75, 3.05) is 13.6 Å². The van der Waals surface area contributed by atoms with Gasteiger partial charge in [-0.15, -0.1) is 0 Å². The molecule has 9 heteroatoms. The fourth-order valence-corrected chi connectivity index (χ4v) is 5.69. The second-order valence-corrected chi connectivity index (χ2v) is 12.2. The van der Waals surface area contributed by atoms with Gasteiger partial charge in [0.2, 0.25) is 5.91 Å². The lowest BCUT2D eigenvalue weighted by Gasteiger charge is -2.39. The van der Waals surface area contributed by atoms with Crippen LogP contribution in [0.1, 0.15) is 98.2 Å². The normalized spacial score (nSPS) is 19.5. The Morgan fingerprint density at radius 2 is 1.50 bits per heavy atom. The van der Waals surface area contributed by atoms with Crippen molar-refractivity contribution < 1.29 is 34.4 Å². The minimum absolute atomic E-state index is 0.0186. The standard InChI is InChI=1S/C37H48N2O7/c1-26(36(44)30-10-6-5-7-11-30)39(2)24-32-22-33(29-18-16-28(25-40)17-19-29)46-37(45-32)31-20-14-27(15-21-31)23-38-34(41)12-8-3-4-9-13-35(42)43/h5-7,10-11,14-21,26,32-33,36-37,40,44H,3-4,8-9,12-13,22-25H2,1-2H3,(H,38,41)(H,42,43)/t26-,32-,33+,36-,37+/m0/s1. The summed E-state index contributed by atoms with van der Waals surface area (Å²) in [6, 6.07) is 25.2. The number of carboxylic acid groups (broad SMARTS) is 1. The number of carbonyl (C=O) groups is 2. The van der Waals surface area contributed by atoms with Crippen molar-refractivity contribution >= 4 is 11.9 Å². The van der Waals surface area contributed by atoms with E-state index in [0.717, 1.165) is 47.1 Å². The zero-order valence-electron chi connectivity index (χ0n) is 26.9. The van der Waals surface area contributed by atoms with E-state index in [9.17, 15) is 19.8 Å². The topological polar surface area (TPSA) is 129 Å². The van der Waals surface area contributed by atoms with Crippen LogP contribution in [0, 0.1) is 0 Å². The minimum Gasteiger partial charge on any atom is -0.481 e. The van der Waals surface area contributed by atoms with Crippen molar-refractivity contribution in [1.29, 1.82) is 0 Å². The van der Waals surface area contributed by atoms with Crippen LogP contribution in [0.4, 0.5) is 0 Å². The number of benzene rings is 3. The summed E-state index contributed by atoms with van der Waals surface area (Å²) in [5.41, 5.74) is 4.56. The molecule has 0 aliphatic carbocycles. The first kappa shape index (κ1) is 35.3. The molecule has 3 aromatic rings. The summed E-state index contributed by atoms with van der Waals surface area (Å²) in [4.78, 5) is 25.0. The van der Waals surface area contributed by atoms with Crippen LogP contribution in [0.25, 0.3) is 0 Å². The molecule has 0 radical (unpaired) electrons. The monoisotopic (exact) mass is 632 g/mol. The molecule has 9 nitrogen and oxygen atoms in total. The molecule has 1 aliphatic heterocycles. The van der Waals surface area contributed by atoms with E-state index in [1.54, 1.807) is 0 Å². The van der Waals surface area contributed by atoms with Gasteiger partial charge in [-0.1, -0.05) is 91.7 Å². The lowest BCUT2D eigenvalue weighted by molar-refractivity contribution is -0.253. The van der Waals surface area contributed by atoms with E-state index in [1.165, 1.54) is 0 Å². The Kier molecular flexibility index (Phi) is 13.7. The molecular formula is C37H48N2O7. The number of hydrogen-bond acceptors (Lipinski definition) is 7. The summed E-state index contributed by atoms with van der Waals surface area (Å²) >= 11 is 0. The molecule has 46 heavy (non-hydrogen) atoms. The van der Waals surface area contributed by atoms with Crippen LogP contribution in [-0.2, 0) is 32.2 Å². The molecule has 248 valence electrons. The highest BCUT2D eigenvalue weighted by Gasteiger charge is 2.34. The first-order chi connectivity index (χ1) is 22.2. The Balaban J connectivity index is 1.36. The first-order valence-electron chi connectivity index (χ1n) is 16.2. The van der Waals surface area contributed by atoms with Crippen molar-refractivity contribution in [2.24, 2.45) is 0 Å². The number of amides is 1. The average Bonchev–Trinajstić information content (AvgIpc) is 3.08. The summed E-state index contributed by atoms with van der Waals surface area (Å²) in [5, 5.41) is 32.2. The molecule has 4 N–H and O–H groups in total. The van der Waals surface area contributed by atoms with E-state index in [4.69, 9.17) is 14.6 Å². The second-order valence-electron chi connectivity index (χ2n) is 12.2. The summed E-state index contributed by atoms with van der Waals surface area (Å²) in [7, 11) is 2.00. The molecule has 1 aliphatic rings. The predicted molar refractivity (Wildman–Crippen MR) is 176 cm³/mol. The molecule has 0 saturated carbocycles. The van der Waals surface area contributed by atoms with Gasteiger partial charge in [0.25, 0.3) is 0 Å². The van der Waals surface area contributed by atoms with E-state index in [-0.39, 0.29) is 37.2 Å². The number of ether oxygens (including phenoxy) is 2. The van der Waals surface area contributed by atoms with Crippen molar-refractivity contribution in [1.82, 2.24) is 10.2 Å². The van der Waals surface area contributed by atoms with E-state index < -0.39 is 18.4 Å². The third-order valence-corrected chi connectivity index (χ3v) is 8.69. The Labute approximate surface area is 272 Å². The van der Waals surface area contributed by atoms with Crippen LogP contribution in [0.15, 0.2) is 78.9 Å². The fourth-order valence-electron chi connectivity index (χ4n) is 5.69. The van der Waals surface area contributed by atoms with Crippen molar-refractivity contribution in [2.45, 2.75) is 95.7 Å². The molecule has 1 fully saturated rings. The maximum Gasteiger partial charge on any atom is 0.303 e. The molecule has 0 unspecified atom stereocenters. The number of aliphatic carboxylic acids is 1. The highest BCUT2D eigenvalue weighted by molar-refractivity contribution is 5.75. The molecular weight excluding hydrogens is 584 g/mol. The number of unbranched alkanes of at least 4 members (excludes halogenated alkanes) is 3. The Bertz CT molecular complexity index is 1350. The molecule has 1 heterocycles. The van der Waals surface area contributed by atoms with Crippen LogP contribution in [-0.4, -0.2) is 57.8 Å². The predicted octanol–water partition coefficient (Wildman–Crippen LogP) is 5.82. The Hall–Kier alpha value is -3.60. The molecule has 1 saturated heterocycles. The third-order valence-electron chi connectivity index (χ3n) is 8.69. The summed E-state index contributed by atoms with van der Waals surface area (Å²) in [6.07, 6.45) is 2.64. The number of rotatable bonds is 17. The number of aliphatic hydroxyl groups excluding tert-OH is 2. The van der Waals surface area contributed by atoms with Gasteiger partial charge in [0.05, 0.1) is 24.9 Å². The van der Waals surface area contributed by atoms with E-state index in [2.05, 4.69) is 10.2 Å². The van der Waals surface area contributed by atoms with Crippen LogP contribution < -0.4 is 5.32 Å². The Morgan fingerprint density at radius 3 is 2.15 bits per heavy atom. The zero-order valence-corrected chi connectivity index (χ0v) is 26.9. The van der Waals surface area contributed by atoms with Crippen LogP contribution >= 0.6 is 0 Å². The van der Waals surface area contributed by atoms with Gasteiger partial charge in [-0.25, -0.2) is 0 Å². The third kappa shape index (κ3) is 10.7. The van der Waals surface area contributed by atoms with Gasteiger partial charge in [0.1, 0.15) is 0 Å². The number of aliphatic hydroxyl groups is 2. The summed E-state index contributed by atoms with van der Waals surface area (Å²) in [6.45, 7) is 3.01. The number of likely N-dealkylation sites (N-methyl/N-ethyl adjacent to an activating group) is 1.